The number of nitrogens with zero attached hydrogens (tertiary/aromatic N) is 1. The second-order valence-corrected chi connectivity index (χ2v) is 4.87. The molecule has 0 radical (unpaired) electrons. The normalized spacial score (nSPS) is 10.4. The van der Waals surface area contributed by atoms with E-state index in [9.17, 15) is 9.59 Å². The van der Waals surface area contributed by atoms with Gasteiger partial charge in [-0.3, -0.25) is 9.59 Å². The van der Waals surface area contributed by atoms with Gasteiger partial charge in [0.15, 0.2) is 0 Å². The van der Waals surface area contributed by atoms with Crippen LogP contribution in [0.1, 0.15) is 21.5 Å². The van der Waals surface area contributed by atoms with E-state index in [1.165, 1.54) is 13.3 Å². The van der Waals surface area contributed by atoms with Crippen molar-refractivity contribution in [2.45, 2.75) is 6.61 Å². The van der Waals surface area contributed by atoms with E-state index < -0.39 is 5.97 Å². The van der Waals surface area contributed by atoms with Gasteiger partial charge in [0, 0.05) is 5.56 Å². The zero-order valence-electron chi connectivity index (χ0n) is 13.3. The summed E-state index contributed by atoms with van der Waals surface area (Å²) in [4.78, 5) is 28.2. The molecule has 0 saturated heterocycles. The van der Waals surface area contributed by atoms with Crippen LogP contribution in [0.15, 0.2) is 59.8 Å². The number of ether oxygens (including phenoxy) is 1. The molecule has 0 spiro atoms. The van der Waals surface area contributed by atoms with Crippen LogP contribution in [0.5, 0.6) is 0 Å². The molecule has 6 nitrogen and oxygen atoms in total. The molecule has 0 bridgehead atoms. The molecule has 0 atom stereocenters. The van der Waals surface area contributed by atoms with Crippen LogP contribution in [0.3, 0.4) is 0 Å². The largest absolute Gasteiger partial charge is 0.460 e. The summed E-state index contributed by atoms with van der Waals surface area (Å²) in [5, 5.41) is 6.16. The number of oxime groups is 1. The Morgan fingerprint density at radius 3 is 2.46 bits per heavy atom. The third-order valence-corrected chi connectivity index (χ3v) is 3.12. The summed E-state index contributed by atoms with van der Waals surface area (Å²) in [6.45, 7) is 0.00161. The van der Waals surface area contributed by atoms with E-state index in [0.717, 1.165) is 11.1 Å². The summed E-state index contributed by atoms with van der Waals surface area (Å²) in [5.74, 6) is -0.835. The molecule has 0 aromatic heterocycles. The Kier molecular flexibility index (Phi) is 6.52. The van der Waals surface area contributed by atoms with E-state index in [1.807, 2.05) is 30.3 Å². The monoisotopic (exact) mass is 326 g/mol. The molecular weight excluding hydrogens is 308 g/mol. The average molecular weight is 326 g/mol. The Morgan fingerprint density at radius 2 is 1.79 bits per heavy atom. The number of carbonyl (C=O) groups is 2. The van der Waals surface area contributed by atoms with E-state index in [-0.39, 0.29) is 19.1 Å². The lowest BCUT2D eigenvalue weighted by atomic mass is 10.1. The van der Waals surface area contributed by atoms with Crippen LogP contribution in [0.25, 0.3) is 0 Å². The standard InChI is InChI=1S/C18H18N2O4/c1-23-20-11-14-7-9-16(10-8-14)18(22)19-12-17(21)24-13-15-5-3-2-4-6-15/h2-11H,12-13H2,1H3,(H,19,22)/b20-11+. The number of hydrogen-bond donors (Lipinski definition) is 1. The molecular formula is C18H18N2O4. The third-order valence-electron chi connectivity index (χ3n) is 3.12. The van der Waals surface area contributed by atoms with Gasteiger partial charge in [-0.15, -0.1) is 0 Å². The van der Waals surface area contributed by atoms with Gasteiger partial charge in [-0.1, -0.05) is 47.6 Å². The summed E-state index contributed by atoms with van der Waals surface area (Å²) < 4.78 is 5.09. The highest BCUT2D eigenvalue weighted by Crippen LogP contribution is 2.03. The Morgan fingerprint density at radius 1 is 1.08 bits per heavy atom. The van der Waals surface area contributed by atoms with Gasteiger partial charge in [-0.2, -0.15) is 0 Å². The van der Waals surface area contributed by atoms with Crippen molar-refractivity contribution in [1.82, 2.24) is 5.32 Å². The maximum atomic E-state index is 12.0. The molecule has 0 fully saturated rings. The average Bonchev–Trinajstić information content (AvgIpc) is 2.64. The SMILES string of the molecule is CO/N=C/c1ccc(C(=O)NCC(=O)OCc2ccccc2)cc1. The van der Waals surface area contributed by atoms with Gasteiger partial charge in [-0.25, -0.2) is 0 Å². The number of nitrogens with one attached hydrogen (secondary N) is 1. The minimum atomic E-state index is -0.490. The highest BCUT2D eigenvalue weighted by Gasteiger charge is 2.09. The van der Waals surface area contributed by atoms with Gasteiger partial charge in [0.25, 0.3) is 5.91 Å². The molecule has 2 rings (SSSR count). The molecule has 24 heavy (non-hydrogen) atoms. The Bertz CT molecular complexity index is 697. The first kappa shape index (κ1) is 17.2. The van der Waals surface area contributed by atoms with Crippen LogP contribution in [-0.2, 0) is 21.0 Å². The van der Waals surface area contributed by atoms with Crippen molar-refractivity contribution in [1.29, 1.82) is 0 Å². The molecule has 6 heteroatoms. The van der Waals surface area contributed by atoms with Crippen LogP contribution in [0, 0.1) is 0 Å². The van der Waals surface area contributed by atoms with Gasteiger partial charge in [-0.05, 0) is 23.3 Å². The summed E-state index contributed by atoms with van der Waals surface area (Å²) >= 11 is 0. The fraction of sp³-hybridized carbons (Fsp3) is 0.167. The summed E-state index contributed by atoms with van der Waals surface area (Å²) in [7, 11) is 1.45. The first-order valence-electron chi connectivity index (χ1n) is 7.33. The van der Waals surface area contributed by atoms with E-state index in [1.54, 1.807) is 24.3 Å². The van der Waals surface area contributed by atoms with Crippen molar-refractivity contribution in [3.05, 3.63) is 71.3 Å². The first-order valence-corrected chi connectivity index (χ1v) is 7.33. The summed E-state index contributed by atoms with van der Waals surface area (Å²) in [6.07, 6.45) is 1.53. The number of esters is 1. The number of carbonyl (C=O) groups excluding carboxylic acids is 2. The first-order chi connectivity index (χ1) is 11.7. The van der Waals surface area contributed by atoms with E-state index >= 15 is 0 Å². The summed E-state index contributed by atoms with van der Waals surface area (Å²) in [6, 6.07) is 16.1. The van der Waals surface area contributed by atoms with Crippen molar-refractivity contribution in [3.8, 4) is 0 Å². The molecule has 1 amide bonds. The number of amides is 1. The zero-order chi connectivity index (χ0) is 17.2. The fourth-order valence-electron chi connectivity index (χ4n) is 1.88. The fourth-order valence-corrected chi connectivity index (χ4v) is 1.88. The minimum Gasteiger partial charge on any atom is -0.460 e. The number of rotatable bonds is 7. The Balaban J connectivity index is 1.77. The molecule has 0 unspecified atom stereocenters. The number of hydrogen-bond acceptors (Lipinski definition) is 5. The molecule has 1 N–H and O–H groups in total. The molecule has 2 aromatic carbocycles. The lowest BCUT2D eigenvalue weighted by Crippen LogP contribution is -2.30. The van der Waals surface area contributed by atoms with Crippen LogP contribution in [0.2, 0.25) is 0 Å². The van der Waals surface area contributed by atoms with Gasteiger partial charge >= 0.3 is 5.97 Å². The van der Waals surface area contributed by atoms with Crippen LogP contribution < -0.4 is 5.32 Å². The molecule has 0 aliphatic heterocycles. The van der Waals surface area contributed by atoms with Crippen LogP contribution >= 0.6 is 0 Å². The predicted molar refractivity (Wildman–Crippen MR) is 89.6 cm³/mol. The van der Waals surface area contributed by atoms with Gasteiger partial charge < -0.3 is 14.9 Å². The van der Waals surface area contributed by atoms with Crippen LogP contribution in [0.4, 0.5) is 0 Å². The third kappa shape index (κ3) is 5.57. The van der Waals surface area contributed by atoms with Gasteiger partial charge in [0.05, 0.1) is 6.21 Å². The Labute approximate surface area is 140 Å². The molecule has 0 heterocycles. The predicted octanol–water partition coefficient (Wildman–Crippen LogP) is 2.14. The van der Waals surface area contributed by atoms with Gasteiger partial charge in [0.1, 0.15) is 20.3 Å². The van der Waals surface area contributed by atoms with Crippen molar-refractivity contribution in [2.24, 2.45) is 5.16 Å². The molecule has 0 aliphatic rings. The van der Waals surface area contributed by atoms with Crippen molar-refractivity contribution in [2.75, 3.05) is 13.7 Å². The van der Waals surface area contributed by atoms with E-state index in [0.29, 0.717) is 5.56 Å². The van der Waals surface area contributed by atoms with Crippen molar-refractivity contribution in [3.63, 3.8) is 0 Å². The highest BCUT2D eigenvalue weighted by molar-refractivity contribution is 5.96. The van der Waals surface area contributed by atoms with E-state index in [2.05, 4.69) is 15.3 Å². The summed E-state index contributed by atoms with van der Waals surface area (Å²) in [5.41, 5.74) is 2.14. The minimum absolute atomic E-state index is 0.182. The van der Waals surface area contributed by atoms with Crippen molar-refractivity contribution >= 4 is 18.1 Å². The lowest BCUT2D eigenvalue weighted by molar-refractivity contribution is -0.143. The van der Waals surface area contributed by atoms with Crippen LogP contribution in [-0.4, -0.2) is 31.7 Å². The van der Waals surface area contributed by atoms with Crippen molar-refractivity contribution < 1.29 is 19.2 Å². The quantitative estimate of drug-likeness (QED) is 0.480. The maximum absolute atomic E-state index is 12.0. The second kappa shape index (κ2) is 9.09. The second-order valence-electron chi connectivity index (χ2n) is 4.87. The molecule has 0 aliphatic carbocycles. The van der Waals surface area contributed by atoms with E-state index in [4.69, 9.17) is 4.74 Å². The molecule has 2 aromatic rings. The zero-order valence-corrected chi connectivity index (χ0v) is 13.3. The molecule has 0 saturated carbocycles. The highest BCUT2D eigenvalue weighted by atomic mass is 16.6. The smallest absolute Gasteiger partial charge is 0.325 e. The maximum Gasteiger partial charge on any atom is 0.325 e. The lowest BCUT2D eigenvalue weighted by Gasteiger charge is -2.07. The Hall–Kier alpha value is -3.15. The topological polar surface area (TPSA) is 77.0 Å². The number of benzene rings is 2. The van der Waals surface area contributed by atoms with Gasteiger partial charge in [0.2, 0.25) is 0 Å². The molecule has 124 valence electrons.